The van der Waals surface area contributed by atoms with Gasteiger partial charge < -0.3 is 0 Å². The maximum Gasteiger partial charge on any atom is 0.146 e. The van der Waals surface area contributed by atoms with E-state index in [1.807, 2.05) is 66.9 Å². The molecule has 116 valence electrons. The highest BCUT2D eigenvalue weighted by molar-refractivity contribution is 6.33. The zero-order chi connectivity index (χ0) is 16.4. The van der Waals surface area contributed by atoms with Gasteiger partial charge in [0.25, 0.3) is 0 Å². The molecular formula is C21H15ClN2. The molecule has 0 saturated carbocycles. The van der Waals surface area contributed by atoms with E-state index in [4.69, 9.17) is 11.6 Å². The van der Waals surface area contributed by atoms with Crippen LogP contribution in [0.1, 0.15) is 0 Å². The van der Waals surface area contributed by atoms with Crippen molar-refractivity contribution in [1.29, 1.82) is 0 Å². The van der Waals surface area contributed by atoms with E-state index in [9.17, 15) is 0 Å². The first-order valence-electron chi connectivity index (χ1n) is 7.78. The highest BCUT2D eigenvalue weighted by Crippen LogP contribution is 2.33. The molecule has 0 atom stereocenters. The van der Waals surface area contributed by atoms with Crippen molar-refractivity contribution in [3.8, 4) is 28.3 Å². The minimum Gasteiger partial charge on any atom is -0.292 e. The van der Waals surface area contributed by atoms with E-state index >= 15 is 0 Å². The van der Waals surface area contributed by atoms with E-state index in [1.165, 1.54) is 0 Å². The number of halogens is 1. The third-order valence-corrected chi connectivity index (χ3v) is 4.29. The first kappa shape index (κ1) is 14.7. The first-order chi connectivity index (χ1) is 11.8. The molecule has 3 heteroatoms. The summed E-state index contributed by atoms with van der Waals surface area (Å²) in [5.74, 6) is 0.839. The zero-order valence-corrected chi connectivity index (χ0v) is 13.7. The molecule has 0 N–H and O–H groups in total. The first-order valence-corrected chi connectivity index (χ1v) is 8.16. The van der Waals surface area contributed by atoms with Gasteiger partial charge in [-0.05, 0) is 24.3 Å². The van der Waals surface area contributed by atoms with Crippen LogP contribution in [0, 0.1) is 0 Å². The third kappa shape index (κ3) is 2.61. The SMILES string of the molecule is Clc1ccccc1-c1ncc(-c2ccccc2)n1-c1ccccc1. The molecule has 24 heavy (non-hydrogen) atoms. The van der Waals surface area contributed by atoms with Crippen LogP contribution in [0.3, 0.4) is 0 Å². The van der Waals surface area contributed by atoms with Crippen molar-refractivity contribution in [2.24, 2.45) is 0 Å². The van der Waals surface area contributed by atoms with Crippen LogP contribution in [0.4, 0.5) is 0 Å². The highest BCUT2D eigenvalue weighted by Gasteiger charge is 2.16. The zero-order valence-electron chi connectivity index (χ0n) is 12.9. The summed E-state index contributed by atoms with van der Waals surface area (Å²) < 4.78 is 2.15. The van der Waals surface area contributed by atoms with E-state index < -0.39 is 0 Å². The van der Waals surface area contributed by atoms with Crippen LogP contribution in [0.2, 0.25) is 5.02 Å². The summed E-state index contributed by atoms with van der Waals surface area (Å²) in [5, 5.41) is 0.694. The summed E-state index contributed by atoms with van der Waals surface area (Å²) in [6.07, 6.45) is 1.90. The number of hydrogen-bond donors (Lipinski definition) is 0. The van der Waals surface area contributed by atoms with Crippen molar-refractivity contribution >= 4 is 11.6 Å². The van der Waals surface area contributed by atoms with Gasteiger partial charge in [0.05, 0.1) is 16.9 Å². The summed E-state index contributed by atoms with van der Waals surface area (Å²) in [5.41, 5.74) is 4.14. The van der Waals surface area contributed by atoms with Crippen LogP contribution in [-0.4, -0.2) is 9.55 Å². The van der Waals surface area contributed by atoms with Gasteiger partial charge in [-0.2, -0.15) is 0 Å². The Kier molecular flexibility index (Phi) is 3.89. The number of imidazole rings is 1. The lowest BCUT2D eigenvalue weighted by molar-refractivity contribution is 1.07. The molecule has 0 aliphatic rings. The normalized spacial score (nSPS) is 10.7. The van der Waals surface area contributed by atoms with Gasteiger partial charge >= 0.3 is 0 Å². The summed E-state index contributed by atoms with van der Waals surface area (Å²) >= 11 is 6.42. The van der Waals surface area contributed by atoms with Crippen LogP contribution in [0.15, 0.2) is 91.1 Å². The maximum absolute atomic E-state index is 6.42. The second-order valence-electron chi connectivity index (χ2n) is 5.48. The number of hydrogen-bond acceptors (Lipinski definition) is 1. The van der Waals surface area contributed by atoms with Crippen LogP contribution in [-0.2, 0) is 0 Å². The Balaban J connectivity index is 2.00. The molecule has 0 aliphatic carbocycles. The van der Waals surface area contributed by atoms with Crippen LogP contribution in [0.5, 0.6) is 0 Å². The van der Waals surface area contributed by atoms with Gasteiger partial charge in [0.15, 0.2) is 0 Å². The Morgan fingerprint density at radius 1 is 0.708 bits per heavy atom. The molecule has 1 heterocycles. The highest BCUT2D eigenvalue weighted by atomic mass is 35.5. The molecule has 1 aromatic heterocycles. The molecule has 3 aromatic carbocycles. The lowest BCUT2D eigenvalue weighted by Crippen LogP contribution is -2.00. The Bertz CT molecular complexity index is 960. The van der Waals surface area contributed by atoms with Gasteiger partial charge in [-0.25, -0.2) is 4.98 Å². The molecule has 0 bridgehead atoms. The Labute approximate surface area is 146 Å². The van der Waals surface area contributed by atoms with Gasteiger partial charge in [0, 0.05) is 16.8 Å². The Morgan fingerprint density at radius 2 is 1.33 bits per heavy atom. The van der Waals surface area contributed by atoms with Crippen LogP contribution >= 0.6 is 11.6 Å². The van der Waals surface area contributed by atoms with E-state index in [2.05, 4.69) is 33.8 Å². The average molecular weight is 331 g/mol. The van der Waals surface area contributed by atoms with Gasteiger partial charge in [0.2, 0.25) is 0 Å². The van der Waals surface area contributed by atoms with Crippen molar-refractivity contribution in [3.05, 3.63) is 96.1 Å². The number of nitrogens with zero attached hydrogens (tertiary/aromatic N) is 2. The van der Waals surface area contributed by atoms with E-state index in [0.717, 1.165) is 28.3 Å². The van der Waals surface area contributed by atoms with Gasteiger partial charge in [0.1, 0.15) is 5.82 Å². The minimum absolute atomic E-state index is 0.694. The molecular weight excluding hydrogens is 316 g/mol. The fourth-order valence-corrected chi connectivity index (χ4v) is 3.06. The molecule has 0 spiro atoms. The summed E-state index contributed by atoms with van der Waals surface area (Å²) in [6.45, 7) is 0. The summed E-state index contributed by atoms with van der Waals surface area (Å²) in [4.78, 5) is 4.68. The Morgan fingerprint density at radius 3 is 2.04 bits per heavy atom. The second kappa shape index (κ2) is 6.34. The molecule has 2 nitrogen and oxygen atoms in total. The molecule has 0 amide bonds. The standard InChI is InChI=1S/C21H15ClN2/c22-19-14-8-7-13-18(19)21-23-15-20(16-9-3-1-4-10-16)24(21)17-11-5-2-6-12-17/h1-15H. The van der Waals surface area contributed by atoms with Crippen molar-refractivity contribution < 1.29 is 0 Å². The van der Waals surface area contributed by atoms with E-state index in [0.29, 0.717) is 5.02 Å². The van der Waals surface area contributed by atoms with Crippen LogP contribution < -0.4 is 0 Å². The van der Waals surface area contributed by atoms with E-state index in [-0.39, 0.29) is 0 Å². The van der Waals surface area contributed by atoms with Gasteiger partial charge in [-0.1, -0.05) is 72.3 Å². The monoisotopic (exact) mass is 330 g/mol. The second-order valence-corrected chi connectivity index (χ2v) is 5.89. The molecule has 0 radical (unpaired) electrons. The lowest BCUT2D eigenvalue weighted by Gasteiger charge is -2.13. The molecule has 0 fully saturated rings. The van der Waals surface area contributed by atoms with Gasteiger partial charge in [-0.3, -0.25) is 4.57 Å². The third-order valence-electron chi connectivity index (χ3n) is 3.96. The van der Waals surface area contributed by atoms with E-state index in [1.54, 1.807) is 0 Å². The van der Waals surface area contributed by atoms with Crippen molar-refractivity contribution in [2.45, 2.75) is 0 Å². The van der Waals surface area contributed by atoms with Crippen LogP contribution in [0.25, 0.3) is 28.3 Å². The Hall–Kier alpha value is -2.84. The average Bonchev–Trinajstić information content (AvgIpc) is 3.08. The largest absolute Gasteiger partial charge is 0.292 e. The molecule has 4 aromatic rings. The summed E-state index contributed by atoms with van der Waals surface area (Å²) in [7, 11) is 0. The fraction of sp³-hybridized carbons (Fsp3) is 0. The molecule has 0 saturated heterocycles. The lowest BCUT2D eigenvalue weighted by atomic mass is 10.1. The molecule has 0 unspecified atom stereocenters. The van der Waals surface area contributed by atoms with Crippen molar-refractivity contribution in [1.82, 2.24) is 9.55 Å². The fourth-order valence-electron chi connectivity index (χ4n) is 2.84. The molecule has 4 rings (SSSR count). The maximum atomic E-state index is 6.42. The smallest absolute Gasteiger partial charge is 0.146 e. The quantitative estimate of drug-likeness (QED) is 0.460. The minimum atomic E-state index is 0.694. The number of rotatable bonds is 3. The summed E-state index contributed by atoms with van der Waals surface area (Å²) in [6, 6.07) is 28.3. The van der Waals surface area contributed by atoms with Crippen molar-refractivity contribution in [2.75, 3.05) is 0 Å². The van der Waals surface area contributed by atoms with Gasteiger partial charge in [-0.15, -0.1) is 0 Å². The predicted molar refractivity (Wildman–Crippen MR) is 99.4 cm³/mol. The topological polar surface area (TPSA) is 17.8 Å². The van der Waals surface area contributed by atoms with Crippen molar-refractivity contribution in [3.63, 3.8) is 0 Å². The molecule has 0 aliphatic heterocycles. The number of aromatic nitrogens is 2. The number of benzene rings is 3. The predicted octanol–water partition coefficient (Wildman–Crippen LogP) is 5.86. The number of para-hydroxylation sites is 1.